The summed E-state index contributed by atoms with van der Waals surface area (Å²) < 4.78 is 12.0. The number of rotatable bonds is 8. The van der Waals surface area contributed by atoms with E-state index in [1.54, 1.807) is 12.1 Å². The summed E-state index contributed by atoms with van der Waals surface area (Å²) in [5, 5.41) is 12.7. The number of aromatic carboxylic acids is 1. The van der Waals surface area contributed by atoms with Gasteiger partial charge in [0.2, 0.25) is 0 Å². The number of carboxylic acids is 1. The summed E-state index contributed by atoms with van der Waals surface area (Å²) in [4.78, 5) is 27.5. The zero-order chi connectivity index (χ0) is 24.4. The molecule has 3 atom stereocenters. The number of carboxylic acid groups (broad SMARTS) is 1. The van der Waals surface area contributed by atoms with Crippen LogP contribution in [0.2, 0.25) is 0 Å². The predicted molar refractivity (Wildman–Crippen MR) is 132 cm³/mol. The lowest BCUT2D eigenvalue weighted by molar-refractivity contribution is -0.123. The second-order valence-corrected chi connectivity index (χ2v) is 9.69. The molecule has 1 unspecified atom stereocenters. The zero-order valence-electron chi connectivity index (χ0n) is 20.3. The molecule has 1 saturated heterocycles. The van der Waals surface area contributed by atoms with E-state index >= 15 is 0 Å². The maximum atomic E-state index is 13.3. The van der Waals surface area contributed by atoms with Gasteiger partial charge in [0.25, 0.3) is 5.91 Å². The summed E-state index contributed by atoms with van der Waals surface area (Å²) in [5.41, 5.74) is 3.09. The van der Waals surface area contributed by atoms with Crippen molar-refractivity contribution in [3.05, 3.63) is 53.1 Å². The minimum Gasteiger partial charge on any atom is -0.480 e. The van der Waals surface area contributed by atoms with Crippen molar-refractivity contribution in [2.45, 2.75) is 65.3 Å². The molecule has 2 N–H and O–H groups in total. The van der Waals surface area contributed by atoms with Gasteiger partial charge in [0.15, 0.2) is 6.10 Å². The number of morpholine rings is 1. The van der Waals surface area contributed by atoms with Crippen LogP contribution in [0.4, 0.5) is 11.4 Å². The molecule has 34 heavy (non-hydrogen) atoms. The van der Waals surface area contributed by atoms with Crippen LogP contribution in [0.3, 0.4) is 0 Å². The number of aryl methyl sites for hydroxylation is 2. The predicted octanol–water partition coefficient (Wildman–Crippen LogP) is 4.80. The smallest absolute Gasteiger partial charge is 0.337 e. The van der Waals surface area contributed by atoms with Gasteiger partial charge in [0.05, 0.1) is 23.5 Å². The topological polar surface area (TPSA) is 88.1 Å². The summed E-state index contributed by atoms with van der Waals surface area (Å²) in [6.07, 6.45) is 2.22. The van der Waals surface area contributed by atoms with E-state index in [2.05, 4.69) is 10.2 Å². The molecule has 1 aliphatic heterocycles. The van der Waals surface area contributed by atoms with E-state index in [9.17, 15) is 14.7 Å². The number of anilines is 2. The van der Waals surface area contributed by atoms with Crippen LogP contribution < -0.4 is 15.0 Å². The Morgan fingerprint density at radius 3 is 2.35 bits per heavy atom. The van der Waals surface area contributed by atoms with E-state index in [1.165, 1.54) is 0 Å². The third-order valence-corrected chi connectivity index (χ3v) is 6.48. The summed E-state index contributed by atoms with van der Waals surface area (Å²) >= 11 is 0. The van der Waals surface area contributed by atoms with E-state index in [-0.39, 0.29) is 29.4 Å². The van der Waals surface area contributed by atoms with Gasteiger partial charge in [-0.2, -0.15) is 0 Å². The molecular weight excluding hydrogens is 432 g/mol. The molecule has 1 saturated carbocycles. The highest BCUT2D eigenvalue weighted by atomic mass is 16.5. The number of nitrogens with one attached hydrogen (secondary N) is 1. The number of carbonyl (C=O) groups excluding carboxylic acids is 1. The van der Waals surface area contributed by atoms with Crippen molar-refractivity contribution < 1.29 is 24.2 Å². The quantitative estimate of drug-likeness (QED) is 0.581. The molecule has 2 aliphatic rings. The van der Waals surface area contributed by atoms with Gasteiger partial charge < -0.3 is 24.8 Å². The molecule has 1 aliphatic carbocycles. The molecule has 4 rings (SSSR count). The number of para-hydroxylation sites is 1. The fraction of sp³-hybridized carbons (Fsp3) is 0.481. The van der Waals surface area contributed by atoms with Gasteiger partial charge in [0, 0.05) is 18.8 Å². The first-order chi connectivity index (χ1) is 16.2. The average molecular weight is 467 g/mol. The Labute approximate surface area is 201 Å². The van der Waals surface area contributed by atoms with Crippen molar-refractivity contribution in [3.8, 4) is 5.75 Å². The van der Waals surface area contributed by atoms with Crippen molar-refractivity contribution in [2.75, 3.05) is 23.3 Å². The van der Waals surface area contributed by atoms with Crippen LogP contribution >= 0.6 is 0 Å². The highest BCUT2D eigenvalue weighted by Gasteiger charge is 2.32. The van der Waals surface area contributed by atoms with E-state index < -0.39 is 12.1 Å². The zero-order valence-corrected chi connectivity index (χ0v) is 20.3. The first-order valence-electron chi connectivity index (χ1n) is 12.0. The number of benzene rings is 2. The molecule has 0 bridgehead atoms. The number of ether oxygens (including phenoxy) is 2. The Hall–Kier alpha value is -3.06. The summed E-state index contributed by atoms with van der Waals surface area (Å²) in [6.45, 7) is 9.30. The monoisotopic (exact) mass is 466 g/mol. The molecule has 7 heteroatoms. The highest BCUT2D eigenvalue weighted by molar-refractivity contribution is 6.02. The fourth-order valence-corrected chi connectivity index (χ4v) is 4.61. The van der Waals surface area contributed by atoms with Crippen LogP contribution in [0, 0.1) is 19.8 Å². The van der Waals surface area contributed by atoms with Crippen molar-refractivity contribution in [2.24, 2.45) is 5.92 Å². The van der Waals surface area contributed by atoms with Crippen LogP contribution in [-0.4, -0.2) is 48.4 Å². The number of nitrogens with zero attached hydrogens (tertiary/aromatic N) is 1. The fourth-order valence-electron chi connectivity index (χ4n) is 4.61. The molecular formula is C27H34N2O5. The van der Waals surface area contributed by atoms with Crippen LogP contribution in [0.25, 0.3) is 0 Å². The highest BCUT2D eigenvalue weighted by Crippen LogP contribution is 2.36. The molecule has 7 nitrogen and oxygen atoms in total. The summed E-state index contributed by atoms with van der Waals surface area (Å²) in [7, 11) is 0. The molecule has 182 valence electrons. The van der Waals surface area contributed by atoms with Gasteiger partial charge in [-0.15, -0.1) is 0 Å². The Bertz CT molecular complexity index is 1030. The Balaban J connectivity index is 1.55. The molecule has 0 radical (unpaired) electrons. The third-order valence-electron chi connectivity index (χ3n) is 6.48. The standard InChI is InChI=1S/C27H34N2O5/c1-16-6-5-7-17(2)25(16)34-24(12-20-8-9-20)26(30)28-23-11-10-21(13-22(23)27(31)32)29-14-18(3)33-19(4)15-29/h5-7,10-11,13,18-20,24H,8-9,12,14-15H2,1-4H3,(H,28,30)(H,31,32)/t18-,19?,24-/m0/s1. The van der Waals surface area contributed by atoms with Gasteiger partial charge in [0.1, 0.15) is 5.75 Å². The molecule has 0 spiro atoms. The van der Waals surface area contributed by atoms with Gasteiger partial charge in [-0.1, -0.05) is 31.0 Å². The van der Waals surface area contributed by atoms with E-state index in [0.29, 0.717) is 31.2 Å². The molecule has 2 aromatic carbocycles. The van der Waals surface area contributed by atoms with Crippen molar-refractivity contribution in [1.29, 1.82) is 0 Å². The maximum Gasteiger partial charge on any atom is 0.337 e. The van der Waals surface area contributed by atoms with Crippen LogP contribution in [0.1, 0.15) is 54.6 Å². The minimum absolute atomic E-state index is 0.0571. The SMILES string of the molecule is Cc1cccc(C)c1O[C@@H](CC1CC1)C(=O)Nc1ccc(N2CC(C)O[C@@H](C)C2)cc1C(=O)O. The molecule has 0 aromatic heterocycles. The lowest BCUT2D eigenvalue weighted by Gasteiger charge is -2.37. The Kier molecular flexibility index (Phi) is 7.12. The number of amides is 1. The van der Waals surface area contributed by atoms with Gasteiger partial charge in [-0.25, -0.2) is 4.79 Å². The number of hydrogen-bond donors (Lipinski definition) is 2. The second kappa shape index (κ2) is 10.1. The average Bonchev–Trinajstić information content (AvgIpc) is 3.59. The van der Waals surface area contributed by atoms with Crippen LogP contribution in [0.5, 0.6) is 5.75 Å². The van der Waals surface area contributed by atoms with Gasteiger partial charge in [-0.3, -0.25) is 4.79 Å². The number of hydrogen-bond acceptors (Lipinski definition) is 5. The first kappa shape index (κ1) is 24.1. The van der Waals surface area contributed by atoms with Crippen molar-refractivity contribution in [3.63, 3.8) is 0 Å². The second-order valence-electron chi connectivity index (χ2n) is 9.69. The largest absolute Gasteiger partial charge is 0.480 e. The number of carbonyl (C=O) groups is 2. The van der Waals surface area contributed by atoms with Crippen LogP contribution in [0.15, 0.2) is 36.4 Å². The van der Waals surface area contributed by atoms with Gasteiger partial charge in [-0.05, 0) is 69.4 Å². The minimum atomic E-state index is -1.08. The van der Waals surface area contributed by atoms with E-state index in [1.807, 2.05) is 52.0 Å². The van der Waals surface area contributed by atoms with Crippen LogP contribution in [-0.2, 0) is 9.53 Å². The first-order valence-corrected chi connectivity index (χ1v) is 12.0. The lowest BCUT2D eigenvalue weighted by atomic mass is 10.1. The molecule has 1 heterocycles. The summed E-state index contributed by atoms with van der Waals surface area (Å²) in [5.74, 6) is -0.223. The van der Waals surface area contributed by atoms with Crippen molar-refractivity contribution >= 4 is 23.3 Å². The molecule has 1 amide bonds. The Morgan fingerprint density at radius 2 is 1.76 bits per heavy atom. The van der Waals surface area contributed by atoms with E-state index in [4.69, 9.17) is 9.47 Å². The Morgan fingerprint density at radius 1 is 1.12 bits per heavy atom. The maximum absolute atomic E-state index is 13.3. The normalized spacial score (nSPS) is 21.1. The third kappa shape index (κ3) is 5.70. The summed E-state index contributed by atoms with van der Waals surface area (Å²) in [6, 6.07) is 11.0. The van der Waals surface area contributed by atoms with E-state index in [0.717, 1.165) is 29.7 Å². The lowest BCUT2D eigenvalue weighted by Crippen LogP contribution is -2.45. The van der Waals surface area contributed by atoms with Gasteiger partial charge >= 0.3 is 5.97 Å². The van der Waals surface area contributed by atoms with Crippen molar-refractivity contribution in [1.82, 2.24) is 0 Å². The molecule has 2 aromatic rings. The molecule has 2 fully saturated rings.